The van der Waals surface area contributed by atoms with E-state index in [9.17, 15) is 0 Å². The van der Waals surface area contributed by atoms with Gasteiger partial charge in [0.25, 0.3) is 0 Å². The predicted octanol–water partition coefficient (Wildman–Crippen LogP) is 2.12. The molecule has 0 fully saturated rings. The molecule has 16 heavy (non-hydrogen) atoms. The summed E-state index contributed by atoms with van der Waals surface area (Å²) in [4.78, 5) is 0. The highest BCUT2D eigenvalue weighted by Crippen LogP contribution is 2.17. The zero-order valence-corrected chi connectivity index (χ0v) is 10.1. The Morgan fingerprint density at radius 2 is 1.94 bits per heavy atom. The highest BCUT2D eigenvalue weighted by molar-refractivity contribution is 5.28. The van der Waals surface area contributed by atoms with Gasteiger partial charge in [-0.15, -0.1) is 0 Å². The molecule has 0 bridgehead atoms. The van der Waals surface area contributed by atoms with Gasteiger partial charge in [0.2, 0.25) is 0 Å². The Hall–Kier alpha value is -1.06. The Morgan fingerprint density at radius 1 is 1.25 bits per heavy atom. The van der Waals surface area contributed by atoms with Gasteiger partial charge in [-0.2, -0.15) is 0 Å². The number of nitrogens with one attached hydrogen (secondary N) is 1. The van der Waals surface area contributed by atoms with Crippen LogP contribution < -0.4 is 10.1 Å². The minimum Gasteiger partial charge on any atom is -0.494 e. The first-order chi connectivity index (χ1) is 7.77. The van der Waals surface area contributed by atoms with Gasteiger partial charge in [0.1, 0.15) is 5.75 Å². The number of aliphatic hydroxyl groups excluding tert-OH is 1. The van der Waals surface area contributed by atoms with Crippen molar-refractivity contribution in [2.45, 2.75) is 25.8 Å². The predicted molar refractivity (Wildman–Crippen MR) is 65.7 cm³/mol. The van der Waals surface area contributed by atoms with Crippen molar-refractivity contribution in [3.8, 4) is 5.75 Å². The standard InChI is InChI=1S/C13H21NO2/c1-11(14-2)12-5-7-13(8-6-12)16-10-4-3-9-15/h5-8,11,14-15H,3-4,9-10H2,1-2H3. The van der Waals surface area contributed by atoms with E-state index < -0.39 is 0 Å². The van der Waals surface area contributed by atoms with E-state index in [0.29, 0.717) is 12.6 Å². The Balaban J connectivity index is 2.39. The maximum atomic E-state index is 8.63. The van der Waals surface area contributed by atoms with Crippen LogP contribution in [0.1, 0.15) is 31.4 Å². The summed E-state index contributed by atoms with van der Waals surface area (Å²) in [6, 6.07) is 8.48. The average Bonchev–Trinajstić information content (AvgIpc) is 2.34. The lowest BCUT2D eigenvalue weighted by Gasteiger charge is -2.11. The summed E-state index contributed by atoms with van der Waals surface area (Å²) in [5.41, 5.74) is 1.25. The zero-order chi connectivity index (χ0) is 11.8. The maximum absolute atomic E-state index is 8.63. The van der Waals surface area contributed by atoms with Gasteiger partial charge >= 0.3 is 0 Å². The van der Waals surface area contributed by atoms with Crippen molar-refractivity contribution >= 4 is 0 Å². The molecule has 0 aromatic heterocycles. The molecule has 0 spiro atoms. The molecule has 0 heterocycles. The Labute approximate surface area is 97.4 Å². The molecule has 3 heteroatoms. The first-order valence-corrected chi connectivity index (χ1v) is 5.79. The second kappa shape index (κ2) is 7.25. The third-order valence-electron chi connectivity index (χ3n) is 2.63. The van der Waals surface area contributed by atoms with Crippen LogP contribution in [0.3, 0.4) is 0 Å². The van der Waals surface area contributed by atoms with Crippen LogP contribution in [-0.2, 0) is 0 Å². The van der Waals surface area contributed by atoms with E-state index in [-0.39, 0.29) is 6.61 Å². The van der Waals surface area contributed by atoms with Crippen LogP contribution in [0.25, 0.3) is 0 Å². The van der Waals surface area contributed by atoms with E-state index in [0.717, 1.165) is 18.6 Å². The second-order valence-corrected chi connectivity index (χ2v) is 3.86. The Bertz CT molecular complexity index is 284. The van der Waals surface area contributed by atoms with Gasteiger partial charge in [-0.3, -0.25) is 0 Å². The van der Waals surface area contributed by atoms with E-state index in [2.05, 4.69) is 24.4 Å². The van der Waals surface area contributed by atoms with Crippen LogP contribution in [0.2, 0.25) is 0 Å². The zero-order valence-electron chi connectivity index (χ0n) is 10.1. The van der Waals surface area contributed by atoms with Crippen molar-refractivity contribution in [2.24, 2.45) is 0 Å². The molecule has 2 N–H and O–H groups in total. The number of unbranched alkanes of at least 4 members (excludes halogenated alkanes) is 1. The molecule has 3 nitrogen and oxygen atoms in total. The van der Waals surface area contributed by atoms with Gasteiger partial charge in [-0.25, -0.2) is 0 Å². The number of hydrogen-bond acceptors (Lipinski definition) is 3. The summed E-state index contributed by atoms with van der Waals surface area (Å²) in [6.45, 7) is 3.03. The SMILES string of the molecule is CNC(C)c1ccc(OCCCCO)cc1. The van der Waals surface area contributed by atoms with E-state index in [1.165, 1.54) is 5.56 Å². The lowest BCUT2D eigenvalue weighted by molar-refractivity contribution is 0.253. The highest BCUT2D eigenvalue weighted by Gasteiger charge is 2.01. The third-order valence-corrected chi connectivity index (χ3v) is 2.63. The number of aliphatic hydroxyl groups is 1. The fourth-order valence-corrected chi connectivity index (χ4v) is 1.42. The molecule has 1 unspecified atom stereocenters. The molecule has 1 atom stereocenters. The molecule has 1 aromatic rings. The number of rotatable bonds is 7. The lowest BCUT2D eigenvalue weighted by atomic mass is 10.1. The minimum absolute atomic E-state index is 0.238. The monoisotopic (exact) mass is 223 g/mol. The number of ether oxygens (including phenoxy) is 1. The molecule has 0 aliphatic rings. The molecule has 0 saturated heterocycles. The summed E-state index contributed by atoms with van der Waals surface area (Å²) in [5.74, 6) is 0.894. The molecular weight excluding hydrogens is 202 g/mol. The summed E-state index contributed by atoms with van der Waals surface area (Å²) in [7, 11) is 1.95. The number of benzene rings is 1. The van der Waals surface area contributed by atoms with Crippen LogP contribution in [0.15, 0.2) is 24.3 Å². The van der Waals surface area contributed by atoms with E-state index in [4.69, 9.17) is 9.84 Å². The smallest absolute Gasteiger partial charge is 0.119 e. The van der Waals surface area contributed by atoms with Crippen LogP contribution in [-0.4, -0.2) is 25.4 Å². The van der Waals surface area contributed by atoms with Gasteiger partial charge in [0.15, 0.2) is 0 Å². The van der Waals surface area contributed by atoms with Crippen molar-refractivity contribution in [2.75, 3.05) is 20.3 Å². The Morgan fingerprint density at radius 3 is 2.50 bits per heavy atom. The minimum atomic E-state index is 0.238. The van der Waals surface area contributed by atoms with Crippen LogP contribution in [0, 0.1) is 0 Å². The van der Waals surface area contributed by atoms with Crippen molar-refractivity contribution in [3.05, 3.63) is 29.8 Å². The fraction of sp³-hybridized carbons (Fsp3) is 0.538. The lowest BCUT2D eigenvalue weighted by Crippen LogP contribution is -2.11. The summed E-state index contributed by atoms with van der Waals surface area (Å²) < 4.78 is 5.54. The first kappa shape index (κ1) is 13.0. The number of hydrogen-bond donors (Lipinski definition) is 2. The second-order valence-electron chi connectivity index (χ2n) is 3.86. The normalized spacial score (nSPS) is 12.4. The molecule has 0 aliphatic heterocycles. The molecule has 90 valence electrons. The summed E-state index contributed by atoms with van der Waals surface area (Å²) in [5, 5.41) is 11.8. The van der Waals surface area contributed by atoms with Gasteiger partial charge in [-0.05, 0) is 44.5 Å². The quantitative estimate of drug-likeness (QED) is 0.696. The van der Waals surface area contributed by atoms with Crippen molar-refractivity contribution in [1.29, 1.82) is 0 Å². The van der Waals surface area contributed by atoms with Gasteiger partial charge < -0.3 is 15.2 Å². The third kappa shape index (κ3) is 4.21. The van der Waals surface area contributed by atoms with E-state index in [1.807, 2.05) is 19.2 Å². The molecule has 1 aromatic carbocycles. The largest absolute Gasteiger partial charge is 0.494 e. The van der Waals surface area contributed by atoms with Crippen molar-refractivity contribution < 1.29 is 9.84 Å². The van der Waals surface area contributed by atoms with Crippen LogP contribution >= 0.6 is 0 Å². The molecular formula is C13H21NO2. The molecule has 1 rings (SSSR count). The highest BCUT2D eigenvalue weighted by atomic mass is 16.5. The van der Waals surface area contributed by atoms with Crippen LogP contribution in [0.4, 0.5) is 0 Å². The van der Waals surface area contributed by atoms with E-state index in [1.54, 1.807) is 0 Å². The average molecular weight is 223 g/mol. The summed E-state index contributed by atoms with van der Waals surface area (Å²) in [6.07, 6.45) is 1.69. The first-order valence-electron chi connectivity index (χ1n) is 5.79. The molecule has 0 aliphatic carbocycles. The molecule has 0 saturated carbocycles. The van der Waals surface area contributed by atoms with Gasteiger partial charge in [0, 0.05) is 12.6 Å². The molecule has 0 radical (unpaired) electrons. The van der Waals surface area contributed by atoms with Crippen molar-refractivity contribution in [3.63, 3.8) is 0 Å². The van der Waals surface area contributed by atoms with Gasteiger partial charge in [0.05, 0.1) is 6.61 Å². The summed E-state index contributed by atoms with van der Waals surface area (Å²) >= 11 is 0. The van der Waals surface area contributed by atoms with E-state index >= 15 is 0 Å². The van der Waals surface area contributed by atoms with Gasteiger partial charge in [-0.1, -0.05) is 12.1 Å². The maximum Gasteiger partial charge on any atom is 0.119 e. The van der Waals surface area contributed by atoms with Crippen LogP contribution in [0.5, 0.6) is 5.75 Å². The fourth-order valence-electron chi connectivity index (χ4n) is 1.42. The Kier molecular flexibility index (Phi) is 5.90. The topological polar surface area (TPSA) is 41.5 Å². The van der Waals surface area contributed by atoms with Crippen molar-refractivity contribution in [1.82, 2.24) is 5.32 Å². The molecule has 0 amide bonds.